The van der Waals surface area contributed by atoms with E-state index in [2.05, 4.69) is 32.9 Å². The van der Waals surface area contributed by atoms with Gasteiger partial charge in [-0.05, 0) is 18.4 Å². The van der Waals surface area contributed by atoms with Gasteiger partial charge < -0.3 is 10.5 Å². The molecule has 0 amide bonds. The fraction of sp³-hybridized carbons (Fsp3) is 0.538. The van der Waals surface area contributed by atoms with Gasteiger partial charge in [0.15, 0.2) is 0 Å². The maximum Gasteiger partial charge on any atom is 0.0950 e. The second kappa shape index (κ2) is 5.89. The summed E-state index contributed by atoms with van der Waals surface area (Å²) >= 11 is 0. The third-order valence-corrected chi connectivity index (χ3v) is 2.70. The Morgan fingerprint density at radius 3 is 2.20 bits per heavy atom. The first-order valence-corrected chi connectivity index (χ1v) is 5.55. The standard InChI is InChI=1S/C13H21NO/c1-10(2)11(3)15-13(9-14)12-7-5-4-6-8-12/h4-8,10-11,13H,9,14H2,1-3H3. The van der Waals surface area contributed by atoms with Crippen molar-refractivity contribution in [1.29, 1.82) is 0 Å². The van der Waals surface area contributed by atoms with Crippen LogP contribution in [-0.2, 0) is 4.74 Å². The molecular formula is C13H21NO. The molecule has 0 saturated carbocycles. The number of rotatable bonds is 5. The summed E-state index contributed by atoms with van der Waals surface area (Å²) in [5.41, 5.74) is 6.89. The third kappa shape index (κ3) is 3.65. The van der Waals surface area contributed by atoms with E-state index in [1.54, 1.807) is 0 Å². The minimum atomic E-state index is 0.0172. The van der Waals surface area contributed by atoms with Crippen LogP contribution in [-0.4, -0.2) is 12.6 Å². The van der Waals surface area contributed by atoms with Gasteiger partial charge in [-0.25, -0.2) is 0 Å². The molecule has 1 rings (SSSR count). The predicted octanol–water partition coefficient (Wildman–Crippen LogP) is 2.75. The van der Waals surface area contributed by atoms with Crippen LogP contribution in [0.2, 0.25) is 0 Å². The van der Waals surface area contributed by atoms with Crippen LogP contribution in [0.15, 0.2) is 30.3 Å². The Balaban J connectivity index is 2.65. The maximum absolute atomic E-state index is 5.92. The van der Waals surface area contributed by atoms with E-state index in [0.29, 0.717) is 12.5 Å². The van der Waals surface area contributed by atoms with Gasteiger partial charge >= 0.3 is 0 Å². The van der Waals surface area contributed by atoms with Crippen LogP contribution in [0.25, 0.3) is 0 Å². The Kier molecular flexibility index (Phi) is 4.79. The van der Waals surface area contributed by atoms with Gasteiger partial charge in [0.2, 0.25) is 0 Å². The Hall–Kier alpha value is -0.860. The SMILES string of the molecule is CC(C)C(C)OC(CN)c1ccccc1. The van der Waals surface area contributed by atoms with E-state index in [1.165, 1.54) is 0 Å². The zero-order chi connectivity index (χ0) is 11.3. The van der Waals surface area contributed by atoms with Crippen molar-refractivity contribution in [2.24, 2.45) is 11.7 Å². The first kappa shape index (κ1) is 12.2. The molecule has 0 spiro atoms. The molecule has 2 heteroatoms. The van der Waals surface area contributed by atoms with E-state index in [4.69, 9.17) is 10.5 Å². The molecule has 0 aliphatic carbocycles. The lowest BCUT2D eigenvalue weighted by Crippen LogP contribution is -2.24. The van der Waals surface area contributed by atoms with Gasteiger partial charge in [-0.2, -0.15) is 0 Å². The van der Waals surface area contributed by atoms with Crippen LogP contribution >= 0.6 is 0 Å². The van der Waals surface area contributed by atoms with Gasteiger partial charge in [0.25, 0.3) is 0 Å². The van der Waals surface area contributed by atoms with Crippen LogP contribution in [0.3, 0.4) is 0 Å². The Labute approximate surface area is 92.4 Å². The number of benzene rings is 1. The highest BCUT2D eigenvalue weighted by Gasteiger charge is 2.15. The van der Waals surface area contributed by atoms with E-state index < -0.39 is 0 Å². The van der Waals surface area contributed by atoms with Crippen molar-refractivity contribution in [3.05, 3.63) is 35.9 Å². The normalized spacial score (nSPS) is 15.3. The topological polar surface area (TPSA) is 35.2 Å². The van der Waals surface area contributed by atoms with Gasteiger partial charge in [-0.3, -0.25) is 0 Å². The first-order chi connectivity index (χ1) is 7.15. The molecule has 15 heavy (non-hydrogen) atoms. The molecule has 0 aromatic heterocycles. The van der Waals surface area contributed by atoms with Crippen molar-refractivity contribution < 1.29 is 4.74 Å². The van der Waals surface area contributed by atoms with Gasteiger partial charge in [-0.1, -0.05) is 44.2 Å². The molecule has 84 valence electrons. The highest BCUT2D eigenvalue weighted by molar-refractivity contribution is 5.17. The molecule has 0 aliphatic rings. The first-order valence-electron chi connectivity index (χ1n) is 5.55. The summed E-state index contributed by atoms with van der Waals surface area (Å²) in [4.78, 5) is 0. The van der Waals surface area contributed by atoms with Crippen LogP contribution in [0.1, 0.15) is 32.4 Å². The minimum absolute atomic E-state index is 0.0172. The lowest BCUT2D eigenvalue weighted by Gasteiger charge is -2.24. The van der Waals surface area contributed by atoms with E-state index in [-0.39, 0.29) is 12.2 Å². The highest BCUT2D eigenvalue weighted by atomic mass is 16.5. The third-order valence-electron chi connectivity index (χ3n) is 2.70. The van der Waals surface area contributed by atoms with Gasteiger partial charge in [0.05, 0.1) is 12.2 Å². The number of nitrogens with two attached hydrogens (primary N) is 1. The lowest BCUT2D eigenvalue weighted by atomic mass is 10.1. The van der Waals surface area contributed by atoms with E-state index in [0.717, 1.165) is 5.56 Å². The Morgan fingerprint density at radius 1 is 1.13 bits per heavy atom. The molecule has 2 nitrogen and oxygen atoms in total. The molecule has 2 atom stereocenters. The monoisotopic (exact) mass is 207 g/mol. The fourth-order valence-corrected chi connectivity index (χ4v) is 1.35. The number of hydrogen-bond donors (Lipinski definition) is 1. The van der Waals surface area contributed by atoms with Crippen molar-refractivity contribution in [2.75, 3.05) is 6.54 Å². The summed E-state index contributed by atoms with van der Waals surface area (Å²) in [7, 11) is 0. The average Bonchev–Trinajstić information content (AvgIpc) is 2.26. The van der Waals surface area contributed by atoms with Crippen LogP contribution < -0.4 is 5.73 Å². The minimum Gasteiger partial charge on any atom is -0.369 e. The lowest BCUT2D eigenvalue weighted by molar-refractivity contribution is -0.0220. The molecule has 1 aromatic rings. The maximum atomic E-state index is 5.92. The molecular weight excluding hydrogens is 186 g/mol. The molecule has 0 radical (unpaired) electrons. The van der Waals surface area contributed by atoms with Crippen molar-refractivity contribution in [3.8, 4) is 0 Å². The second-order valence-corrected chi connectivity index (χ2v) is 4.22. The van der Waals surface area contributed by atoms with Gasteiger partial charge in [0, 0.05) is 6.54 Å². The Morgan fingerprint density at radius 2 is 1.73 bits per heavy atom. The van der Waals surface area contributed by atoms with Gasteiger partial charge in [0.1, 0.15) is 0 Å². The summed E-state index contributed by atoms with van der Waals surface area (Å²) in [5, 5.41) is 0. The fourth-order valence-electron chi connectivity index (χ4n) is 1.35. The molecule has 2 N–H and O–H groups in total. The van der Waals surface area contributed by atoms with Crippen molar-refractivity contribution in [1.82, 2.24) is 0 Å². The van der Waals surface area contributed by atoms with E-state index in [9.17, 15) is 0 Å². The van der Waals surface area contributed by atoms with Crippen molar-refractivity contribution >= 4 is 0 Å². The van der Waals surface area contributed by atoms with E-state index >= 15 is 0 Å². The molecule has 0 saturated heterocycles. The number of hydrogen-bond acceptors (Lipinski definition) is 2. The second-order valence-electron chi connectivity index (χ2n) is 4.22. The van der Waals surface area contributed by atoms with Crippen molar-refractivity contribution in [2.45, 2.75) is 33.0 Å². The van der Waals surface area contributed by atoms with Crippen LogP contribution in [0, 0.1) is 5.92 Å². The smallest absolute Gasteiger partial charge is 0.0950 e. The summed E-state index contributed by atoms with van der Waals surface area (Å²) in [6, 6.07) is 10.2. The molecule has 1 aromatic carbocycles. The summed E-state index contributed by atoms with van der Waals surface area (Å²) in [6.07, 6.45) is 0.252. The van der Waals surface area contributed by atoms with E-state index in [1.807, 2.05) is 18.2 Å². The Bertz CT molecular complexity index is 271. The molecule has 0 heterocycles. The highest BCUT2D eigenvalue weighted by Crippen LogP contribution is 2.20. The zero-order valence-electron chi connectivity index (χ0n) is 9.81. The molecule has 0 bridgehead atoms. The largest absolute Gasteiger partial charge is 0.369 e. The van der Waals surface area contributed by atoms with Crippen LogP contribution in [0.4, 0.5) is 0 Å². The summed E-state index contributed by atoms with van der Waals surface area (Å²) in [6.45, 7) is 6.93. The van der Waals surface area contributed by atoms with Crippen LogP contribution in [0.5, 0.6) is 0 Å². The zero-order valence-corrected chi connectivity index (χ0v) is 9.81. The summed E-state index contributed by atoms with van der Waals surface area (Å²) in [5.74, 6) is 0.516. The molecule has 0 fully saturated rings. The predicted molar refractivity (Wildman–Crippen MR) is 63.6 cm³/mol. The number of ether oxygens (including phenoxy) is 1. The summed E-state index contributed by atoms with van der Waals surface area (Å²) < 4.78 is 5.92. The van der Waals surface area contributed by atoms with Gasteiger partial charge in [-0.15, -0.1) is 0 Å². The molecule has 2 unspecified atom stereocenters. The molecule has 0 aliphatic heterocycles. The average molecular weight is 207 g/mol. The quantitative estimate of drug-likeness (QED) is 0.805. The van der Waals surface area contributed by atoms with Crippen molar-refractivity contribution in [3.63, 3.8) is 0 Å².